The summed E-state index contributed by atoms with van der Waals surface area (Å²) >= 11 is 5.07. The smallest absolute Gasteiger partial charge is 0.242 e. The molecule has 6 heteroatoms. The van der Waals surface area contributed by atoms with Crippen LogP contribution in [0.4, 0.5) is 0 Å². The largest absolute Gasteiger partial charge is 0.384 e. The minimum absolute atomic E-state index is 0.421. The van der Waals surface area contributed by atoms with E-state index in [-0.39, 0.29) is 0 Å². The zero-order valence-corrected chi connectivity index (χ0v) is 9.70. The van der Waals surface area contributed by atoms with Crippen molar-refractivity contribution >= 4 is 12.2 Å². The quantitative estimate of drug-likeness (QED) is 0.818. The molecule has 0 fully saturated rings. The number of ether oxygens (including phenoxy) is 1. The summed E-state index contributed by atoms with van der Waals surface area (Å²) in [6.45, 7) is 0.673. The molecule has 2 aromatic rings. The molecule has 0 atom stereocenters. The maximum absolute atomic E-state index is 5.07. The van der Waals surface area contributed by atoms with E-state index in [0.717, 1.165) is 17.7 Å². The van der Waals surface area contributed by atoms with Gasteiger partial charge in [0.25, 0.3) is 0 Å². The fourth-order valence-electron chi connectivity index (χ4n) is 1.51. The Kier molecular flexibility index (Phi) is 3.43. The van der Waals surface area contributed by atoms with Crippen molar-refractivity contribution in [3.05, 3.63) is 34.6 Å². The Hall–Kier alpha value is -1.53. The Morgan fingerprint density at radius 3 is 2.94 bits per heavy atom. The van der Waals surface area contributed by atoms with Crippen LogP contribution in [0, 0.1) is 4.77 Å². The molecule has 0 saturated carbocycles. The summed E-state index contributed by atoms with van der Waals surface area (Å²) < 4.78 is 7.17. The van der Waals surface area contributed by atoms with Gasteiger partial charge in [0.2, 0.25) is 4.77 Å². The molecule has 1 N–H and O–H groups in total. The number of nitrogens with one attached hydrogen (secondary N) is 1. The maximum atomic E-state index is 5.07. The minimum Gasteiger partial charge on any atom is -0.384 e. The van der Waals surface area contributed by atoms with Crippen molar-refractivity contribution in [3.8, 4) is 5.69 Å². The standard InChI is InChI=1S/C10H12N4OS/c1-15-7-6-8-4-2-3-5-9(8)14-10(16)11-12-13-14/h2-5H,6-7H2,1H3,(H,11,13,16). The van der Waals surface area contributed by atoms with Gasteiger partial charge in [-0.25, -0.2) is 4.68 Å². The van der Waals surface area contributed by atoms with Crippen molar-refractivity contribution in [1.29, 1.82) is 0 Å². The van der Waals surface area contributed by atoms with Gasteiger partial charge in [-0.05, 0) is 30.3 Å². The summed E-state index contributed by atoms with van der Waals surface area (Å²) in [6, 6.07) is 7.95. The van der Waals surface area contributed by atoms with E-state index in [0.29, 0.717) is 11.4 Å². The van der Waals surface area contributed by atoms with Gasteiger partial charge in [0.15, 0.2) is 0 Å². The summed E-state index contributed by atoms with van der Waals surface area (Å²) in [5.41, 5.74) is 2.11. The lowest BCUT2D eigenvalue weighted by molar-refractivity contribution is 0.202. The molecule has 5 nitrogen and oxygen atoms in total. The van der Waals surface area contributed by atoms with Crippen molar-refractivity contribution in [2.75, 3.05) is 13.7 Å². The Morgan fingerprint density at radius 2 is 2.25 bits per heavy atom. The normalized spacial score (nSPS) is 10.6. The lowest BCUT2D eigenvalue weighted by Gasteiger charge is -2.08. The molecule has 1 heterocycles. The number of aromatic nitrogens is 4. The molecule has 0 saturated heterocycles. The Balaban J connectivity index is 2.40. The summed E-state index contributed by atoms with van der Waals surface area (Å²) in [6.07, 6.45) is 0.827. The van der Waals surface area contributed by atoms with Gasteiger partial charge < -0.3 is 4.74 Å². The van der Waals surface area contributed by atoms with E-state index in [1.54, 1.807) is 11.8 Å². The highest BCUT2D eigenvalue weighted by molar-refractivity contribution is 7.71. The molecule has 0 aliphatic rings. The van der Waals surface area contributed by atoms with Gasteiger partial charge in [0.05, 0.1) is 12.3 Å². The van der Waals surface area contributed by atoms with E-state index in [2.05, 4.69) is 15.5 Å². The van der Waals surface area contributed by atoms with Crippen LogP contribution in [0.15, 0.2) is 24.3 Å². The molecule has 1 aromatic heterocycles. The highest BCUT2D eigenvalue weighted by Gasteiger charge is 2.05. The van der Waals surface area contributed by atoms with Crippen LogP contribution < -0.4 is 0 Å². The molecular weight excluding hydrogens is 224 g/mol. The topological polar surface area (TPSA) is 55.7 Å². The van der Waals surface area contributed by atoms with Crippen LogP contribution in [0.5, 0.6) is 0 Å². The fraction of sp³-hybridized carbons (Fsp3) is 0.300. The van der Waals surface area contributed by atoms with Gasteiger partial charge in [-0.2, -0.15) is 5.21 Å². The van der Waals surface area contributed by atoms with Crippen LogP contribution in [0.25, 0.3) is 5.69 Å². The second-order valence-corrected chi connectivity index (χ2v) is 3.65. The van der Waals surface area contributed by atoms with Crippen molar-refractivity contribution in [1.82, 2.24) is 20.2 Å². The molecule has 0 amide bonds. The van der Waals surface area contributed by atoms with E-state index in [1.807, 2.05) is 24.3 Å². The third-order valence-electron chi connectivity index (χ3n) is 2.28. The van der Waals surface area contributed by atoms with Crippen molar-refractivity contribution < 1.29 is 4.74 Å². The molecule has 0 aliphatic carbocycles. The van der Waals surface area contributed by atoms with Crippen LogP contribution in [-0.4, -0.2) is 33.9 Å². The van der Waals surface area contributed by atoms with E-state index in [9.17, 15) is 0 Å². The molecule has 0 radical (unpaired) electrons. The minimum atomic E-state index is 0.421. The second-order valence-electron chi connectivity index (χ2n) is 3.29. The molecule has 2 rings (SSSR count). The Bertz CT molecular complexity index is 519. The number of rotatable bonds is 4. The predicted molar refractivity (Wildman–Crippen MR) is 62.1 cm³/mol. The first-order valence-electron chi connectivity index (χ1n) is 4.90. The molecule has 84 valence electrons. The van der Waals surface area contributed by atoms with E-state index < -0.39 is 0 Å². The van der Waals surface area contributed by atoms with E-state index in [1.165, 1.54) is 0 Å². The zero-order chi connectivity index (χ0) is 11.4. The van der Waals surface area contributed by atoms with E-state index in [4.69, 9.17) is 17.0 Å². The van der Waals surface area contributed by atoms with Crippen LogP contribution in [0.3, 0.4) is 0 Å². The number of tetrazole rings is 1. The van der Waals surface area contributed by atoms with Gasteiger partial charge in [-0.15, -0.1) is 0 Å². The van der Waals surface area contributed by atoms with E-state index >= 15 is 0 Å². The van der Waals surface area contributed by atoms with Crippen LogP contribution in [-0.2, 0) is 11.2 Å². The number of aromatic amines is 1. The number of hydrogen-bond acceptors (Lipinski definition) is 4. The molecular formula is C10H12N4OS. The van der Waals surface area contributed by atoms with Crippen molar-refractivity contribution in [2.45, 2.75) is 6.42 Å². The molecule has 0 aliphatic heterocycles. The average Bonchev–Trinajstić information content (AvgIpc) is 2.73. The van der Waals surface area contributed by atoms with Crippen LogP contribution in [0.2, 0.25) is 0 Å². The van der Waals surface area contributed by atoms with Gasteiger partial charge in [-0.3, -0.25) is 0 Å². The van der Waals surface area contributed by atoms with Gasteiger partial charge >= 0.3 is 0 Å². The number of para-hydroxylation sites is 1. The molecule has 0 unspecified atom stereocenters. The second kappa shape index (κ2) is 5.00. The monoisotopic (exact) mass is 236 g/mol. The SMILES string of the molecule is COCCc1ccccc1-n1[nH]nnc1=S. The maximum Gasteiger partial charge on any atom is 0.242 e. The summed E-state index contributed by atoms with van der Waals surface area (Å²) in [7, 11) is 1.69. The zero-order valence-electron chi connectivity index (χ0n) is 8.88. The Labute approximate surface area is 98.0 Å². The molecule has 0 bridgehead atoms. The van der Waals surface area contributed by atoms with Crippen LogP contribution in [0.1, 0.15) is 5.56 Å². The first kappa shape index (κ1) is 11.0. The number of H-pyrrole nitrogens is 1. The van der Waals surface area contributed by atoms with Gasteiger partial charge in [-0.1, -0.05) is 28.5 Å². The number of methoxy groups -OCH3 is 1. The third-order valence-corrected chi connectivity index (χ3v) is 2.54. The summed E-state index contributed by atoms with van der Waals surface area (Å²) in [5.74, 6) is 0. The lowest BCUT2D eigenvalue weighted by Crippen LogP contribution is -2.04. The van der Waals surface area contributed by atoms with Crippen LogP contribution >= 0.6 is 12.2 Å². The number of hydrogen-bond donors (Lipinski definition) is 1. The summed E-state index contributed by atoms with van der Waals surface area (Å²) in [4.78, 5) is 0. The summed E-state index contributed by atoms with van der Waals surface area (Å²) in [5, 5.41) is 10.2. The molecule has 16 heavy (non-hydrogen) atoms. The highest BCUT2D eigenvalue weighted by atomic mass is 32.1. The highest BCUT2D eigenvalue weighted by Crippen LogP contribution is 2.13. The van der Waals surface area contributed by atoms with Gasteiger partial charge in [0, 0.05) is 7.11 Å². The molecule has 1 aromatic carbocycles. The first-order valence-corrected chi connectivity index (χ1v) is 5.31. The number of benzene rings is 1. The van der Waals surface area contributed by atoms with Crippen molar-refractivity contribution in [3.63, 3.8) is 0 Å². The fourth-order valence-corrected chi connectivity index (χ4v) is 1.69. The van der Waals surface area contributed by atoms with Crippen molar-refractivity contribution in [2.24, 2.45) is 0 Å². The molecule has 0 spiro atoms. The first-order chi connectivity index (χ1) is 7.83. The van der Waals surface area contributed by atoms with Gasteiger partial charge in [0.1, 0.15) is 0 Å². The third kappa shape index (κ3) is 2.17. The average molecular weight is 236 g/mol. The number of nitrogens with zero attached hydrogens (tertiary/aromatic N) is 3. The predicted octanol–water partition coefficient (Wildman–Crippen LogP) is 1.51. The lowest BCUT2D eigenvalue weighted by atomic mass is 10.1. The Morgan fingerprint density at radius 1 is 1.44 bits per heavy atom.